The lowest BCUT2D eigenvalue weighted by atomic mass is 9.84. The highest BCUT2D eigenvalue weighted by molar-refractivity contribution is 5.86. The van der Waals surface area contributed by atoms with Gasteiger partial charge in [0.15, 0.2) is 0 Å². The number of nitrogens with zero attached hydrogens (tertiary/aromatic N) is 1. The van der Waals surface area contributed by atoms with Crippen molar-refractivity contribution in [2.24, 2.45) is 0 Å². The molecule has 0 radical (unpaired) electrons. The van der Waals surface area contributed by atoms with Crippen LogP contribution in [0.1, 0.15) is 41.7 Å². The molecule has 1 saturated heterocycles. The molecule has 1 fully saturated rings. The number of aromatic amines is 1. The Balaban J connectivity index is 1.61. The third-order valence-corrected chi connectivity index (χ3v) is 5.63. The second-order valence-electron chi connectivity index (χ2n) is 6.94. The van der Waals surface area contributed by atoms with E-state index in [0.29, 0.717) is 18.6 Å². The molecule has 1 aromatic heterocycles. The number of aromatic nitrogens is 1. The maximum absolute atomic E-state index is 12.5. The lowest BCUT2D eigenvalue weighted by molar-refractivity contribution is -0.126. The van der Waals surface area contributed by atoms with Crippen LogP contribution < -0.4 is 0 Å². The summed E-state index contributed by atoms with van der Waals surface area (Å²) in [6.45, 7) is 1.02. The molecule has 0 aliphatic carbocycles. The van der Waals surface area contributed by atoms with Crippen LogP contribution in [0.2, 0.25) is 0 Å². The molecule has 1 N–H and O–H groups in total. The lowest BCUT2D eigenvalue weighted by Gasteiger charge is -2.44. The summed E-state index contributed by atoms with van der Waals surface area (Å²) < 4.78 is 0. The van der Waals surface area contributed by atoms with Crippen molar-refractivity contribution in [1.29, 1.82) is 0 Å². The topological polar surface area (TPSA) is 36.1 Å². The molecule has 120 valence electrons. The Labute approximate surface area is 141 Å². The molecular formula is C21H20N2O. The Hall–Kier alpha value is -2.39. The lowest BCUT2D eigenvalue weighted by Crippen LogP contribution is -2.43. The van der Waals surface area contributed by atoms with E-state index in [4.69, 9.17) is 0 Å². The van der Waals surface area contributed by atoms with Crippen LogP contribution in [0.3, 0.4) is 0 Å². The second-order valence-corrected chi connectivity index (χ2v) is 6.94. The quantitative estimate of drug-likeness (QED) is 0.731. The molecule has 3 heteroatoms. The van der Waals surface area contributed by atoms with Crippen LogP contribution >= 0.6 is 0 Å². The summed E-state index contributed by atoms with van der Waals surface area (Å²) in [5.74, 6) is 0.372. The number of carbonyl (C=O) groups is 1. The van der Waals surface area contributed by atoms with E-state index in [0.717, 1.165) is 13.0 Å². The van der Waals surface area contributed by atoms with Crippen molar-refractivity contribution in [3.8, 4) is 0 Å². The molecule has 3 heterocycles. The van der Waals surface area contributed by atoms with Gasteiger partial charge in [-0.15, -0.1) is 0 Å². The van der Waals surface area contributed by atoms with Gasteiger partial charge in [-0.25, -0.2) is 0 Å². The third-order valence-electron chi connectivity index (χ3n) is 5.63. The van der Waals surface area contributed by atoms with Gasteiger partial charge in [0.1, 0.15) is 5.78 Å². The SMILES string of the molecule is O=C1C[C@H](c2ccccc2)N2CCc3c([nH]c4ccccc34)[C@@H]2C1. The highest BCUT2D eigenvalue weighted by Gasteiger charge is 2.40. The van der Waals surface area contributed by atoms with Gasteiger partial charge < -0.3 is 4.98 Å². The summed E-state index contributed by atoms with van der Waals surface area (Å²) in [7, 11) is 0. The van der Waals surface area contributed by atoms with Crippen LogP contribution in [-0.2, 0) is 11.2 Å². The average molecular weight is 316 g/mol. The minimum atomic E-state index is 0.188. The van der Waals surface area contributed by atoms with E-state index in [1.54, 1.807) is 0 Å². The van der Waals surface area contributed by atoms with Crippen molar-refractivity contribution in [1.82, 2.24) is 9.88 Å². The highest BCUT2D eigenvalue weighted by atomic mass is 16.1. The van der Waals surface area contributed by atoms with Gasteiger partial charge in [-0.1, -0.05) is 48.5 Å². The first-order chi connectivity index (χ1) is 11.8. The van der Waals surface area contributed by atoms with E-state index in [2.05, 4.69) is 58.4 Å². The Morgan fingerprint density at radius 3 is 2.54 bits per heavy atom. The van der Waals surface area contributed by atoms with E-state index in [-0.39, 0.29) is 12.1 Å². The number of carbonyl (C=O) groups excluding carboxylic acids is 1. The summed E-state index contributed by atoms with van der Waals surface area (Å²) in [4.78, 5) is 18.6. The van der Waals surface area contributed by atoms with Gasteiger partial charge in [-0.2, -0.15) is 0 Å². The van der Waals surface area contributed by atoms with E-state index < -0.39 is 0 Å². The molecule has 3 aromatic rings. The molecule has 0 amide bonds. The number of hydrogen-bond donors (Lipinski definition) is 1. The van der Waals surface area contributed by atoms with E-state index in [9.17, 15) is 4.79 Å². The summed E-state index contributed by atoms with van der Waals surface area (Å²) >= 11 is 0. The fourth-order valence-corrected chi connectivity index (χ4v) is 4.55. The molecule has 2 atom stereocenters. The standard InChI is InChI=1S/C21H20N2O/c24-15-12-19(14-6-2-1-3-7-14)23-11-10-17-16-8-4-5-9-18(16)22-21(17)20(23)13-15/h1-9,19-20,22H,10-13H2/t19-,20+/m1/s1. The molecule has 0 bridgehead atoms. The number of para-hydroxylation sites is 1. The Kier molecular flexibility index (Phi) is 3.10. The molecule has 2 aromatic carbocycles. The number of Topliss-reactive ketones (excluding diaryl/α,β-unsaturated/α-hetero) is 1. The van der Waals surface area contributed by atoms with Gasteiger partial charge in [-0.3, -0.25) is 9.69 Å². The summed E-state index contributed by atoms with van der Waals surface area (Å²) in [5.41, 5.74) is 5.12. The van der Waals surface area contributed by atoms with Crippen LogP contribution in [0.15, 0.2) is 54.6 Å². The summed E-state index contributed by atoms with van der Waals surface area (Å²) in [5, 5.41) is 1.32. The van der Waals surface area contributed by atoms with Crippen LogP contribution in [0, 0.1) is 0 Å². The Bertz CT molecular complexity index is 912. The first kappa shape index (κ1) is 14.0. The summed E-state index contributed by atoms with van der Waals surface area (Å²) in [6.07, 6.45) is 2.31. The van der Waals surface area contributed by atoms with Crippen molar-refractivity contribution >= 4 is 16.7 Å². The monoisotopic (exact) mass is 316 g/mol. The zero-order valence-electron chi connectivity index (χ0n) is 13.5. The largest absolute Gasteiger partial charge is 0.357 e. The van der Waals surface area contributed by atoms with Crippen molar-refractivity contribution in [2.75, 3.05) is 6.54 Å². The summed E-state index contributed by atoms with van der Waals surface area (Å²) in [6, 6.07) is 19.4. The average Bonchev–Trinajstić information content (AvgIpc) is 3.01. The first-order valence-corrected chi connectivity index (χ1v) is 8.73. The van der Waals surface area contributed by atoms with Gasteiger partial charge in [-0.05, 0) is 23.6 Å². The van der Waals surface area contributed by atoms with Gasteiger partial charge in [0.05, 0.1) is 6.04 Å². The molecule has 3 nitrogen and oxygen atoms in total. The number of ketones is 1. The molecule has 2 aliphatic heterocycles. The molecule has 5 rings (SSSR count). The predicted octanol–water partition coefficient (Wildman–Crippen LogP) is 4.17. The predicted molar refractivity (Wildman–Crippen MR) is 94.9 cm³/mol. The van der Waals surface area contributed by atoms with Crippen LogP contribution in [-0.4, -0.2) is 22.2 Å². The Morgan fingerprint density at radius 1 is 0.917 bits per heavy atom. The van der Waals surface area contributed by atoms with Crippen LogP contribution in [0.25, 0.3) is 10.9 Å². The minimum absolute atomic E-state index is 0.188. The maximum Gasteiger partial charge on any atom is 0.136 e. The van der Waals surface area contributed by atoms with E-state index >= 15 is 0 Å². The van der Waals surface area contributed by atoms with Crippen LogP contribution in [0.5, 0.6) is 0 Å². The van der Waals surface area contributed by atoms with Gasteiger partial charge in [0.25, 0.3) is 0 Å². The highest BCUT2D eigenvalue weighted by Crippen LogP contribution is 2.44. The number of H-pyrrole nitrogens is 1. The number of benzene rings is 2. The molecule has 24 heavy (non-hydrogen) atoms. The number of piperidine rings is 1. The van der Waals surface area contributed by atoms with Crippen molar-refractivity contribution in [2.45, 2.75) is 31.3 Å². The fourth-order valence-electron chi connectivity index (χ4n) is 4.55. The van der Waals surface area contributed by atoms with Gasteiger partial charge >= 0.3 is 0 Å². The number of rotatable bonds is 1. The van der Waals surface area contributed by atoms with Gasteiger partial charge in [0.2, 0.25) is 0 Å². The van der Waals surface area contributed by atoms with Crippen molar-refractivity contribution < 1.29 is 4.79 Å². The fraction of sp³-hybridized carbons (Fsp3) is 0.286. The molecule has 2 aliphatic rings. The molecule has 0 saturated carbocycles. The number of hydrogen-bond acceptors (Lipinski definition) is 2. The van der Waals surface area contributed by atoms with Crippen molar-refractivity contribution in [3.05, 3.63) is 71.4 Å². The second kappa shape index (κ2) is 5.32. The first-order valence-electron chi connectivity index (χ1n) is 8.73. The minimum Gasteiger partial charge on any atom is -0.357 e. The van der Waals surface area contributed by atoms with Crippen LogP contribution in [0.4, 0.5) is 0 Å². The smallest absolute Gasteiger partial charge is 0.136 e. The molecular weight excluding hydrogens is 296 g/mol. The normalized spacial score (nSPS) is 23.9. The van der Waals surface area contributed by atoms with Crippen molar-refractivity contribution in [3.63, 3.8) is 0 Å². The zero-order chi connectivity index (χ0) is 16.1. The third kappa shape index (κ3) is 2.05. The van der Waals surface area contributed by atoms with Gasteiger partial charge in [0, 0.05) is 42.0 Å². The number of nitrogens with one attached hydrogen (secondary N) is 1. The van der Waals surface area contributed by atoms with E-state index in [1.165, 1.54) is 27.7 Å². The molecule has 0 unspecified atom stereocenters. The Morgan fingerprint density at radius 2 is 1.67 bits per heavy atom. The van der Waals surface area contributed by atoms with E-state index in [1.807, 2.05) is 6.07 Å². The number of fused-ring (bicyclic) bond motifs is 5. The maximum atomic E-state index is 12.5. The molecule has 0 spiro atoms. The zero-order valence-corrected chi connectivity index (χ0v) is 13.5.